The van der Waals surface area contributed by atoms with Crippen molar-refractivity contribution in [3.8, 4) is 0 Å². The second kappa shape index (κ2) is 4.73. The average Bonchev–Trinajstić information content (AvgIpc) is 2.09. The summed E-state index contributed by atoms with van der Waals surface area (Å²) in [4.78, 5) is 2.57. The highest BCUT2D eigenvalue weighted by Crippen LogP contribution is 2.10. The zero-order valence-electron chi connectivity index (χ0n) is 7.77. The van der Waals surface area contributed by atoms with Crippen LogP contribution >= 0.6 is 0 Å². The van der Waals surface area contributed by atoms with Crippen molar-refractivity contribution in [2.75, 3.05) is 26.2 Å². The molecule has 0 aromatic rings. The van der Waals surface area contributed by atoms with Crippen LogP contribution in [0, 0.1) is 0 Å². The number of hydrogen-bond acceptors (Lipinski definition) is 2. The van der Waals surface area contributed by atoms with Gasteiger partial charge in [0.1, 0.15) is 0 Å². The standard InChI is InChI=1S/C9H20N2/c1-3-11(4-2)9-5-7-10-8-6-9/h9-10H,3-8H2,1-2H3. The van der Waals surface area contributed by atoms with Crippen LogP contribution in [0.5, 0.6) is 0 Å². The molecule has 0 spiro atoms. The van der Waals surface area contributed by atoms with Gasteiger partial charge in [0, 0.05) is 6.04 Å². The van der Waals surface area contributed by atoms with Crippen LogP contribution in [0.25, 0.3) is 0 Å². The van der Waals surface area contributed by atoms with Gasteiger partial charge >= 0.3 is 0 Å². The third-order valence-electron chi connectivity index (χ3n) is 2.64. The van der Waals surface area contributed by atoms with Gasteiger partial charge in [-0.15, -0.1) is 0 Å². The van der Waals surface area contributed by atoms with Crippen LogP contribution < -0.4 is 5.32 Å². The fourth-order valence-electron chi connectivity index (χ4n) is 1.91. The second-order valence-corrected chi connectivity index (χ2v) is 3.20. The lowest BCUT2D eigenvalue weighted by atomic mass is 10.1. The summed E-state index contributed by atoms with van der Waals surface area (Å²) in [6.45, 7) is 9.35. The van der Waals surface area contributed by atoms with E-state index < -0.39 is 0 Å². The summed E-state index contributed by atoms with van der Waals surface area (Å²) < 4.78 is 0. The van der Waals surface area contributed by atoms with Gasteiger partial charge in [0.2, 0.25) is 0 Å². The highest BCUT2D eigenvalue weighted by molar-refractivity contribution is 4.76. The van der Waals surface area contributed by atoms with Crippen LogP contribution in [0.2, 0.25) is 0 Å². The van der Waals surface area contributed by atoms with Crippen molar-refractivity contribution in [2.24, 2.45) is 0 Å². The van der Waals surface area contributed by atoms with E-state index in [1.165, 1.54) is 39.0 Å². The van der Waals surface area contributed by atoms with Gasteiger partial charge < -0.3 is 10.2 Å². The van der Waals surface area contributed by atoms with Gasteiger partial charge in [-0.3, -0.25) is 0 Å². The Hall–Kier alpha value is -0.0800. The maximum absolute atomic E-state index is 3.39. The molecule has 0 radical (unpaired) electrons. The fourth-order valence-corrected chi connectivity index (χ4v) is 1.91. The summed E-state index contributed by atoms with van der Waals surface area (Å²) in [6, 6.07) is 0.853. The fraction of sp³-hybridized carbons (Fsp3) is 1.00. The molecule has 0 unspecified atom stereocenters. The van der Waals surface area contributed by atoms with Gasteiger partial charge in [0.05, 0.1) is 0 Å². The highest BCUT2D eigenvalue weighted by atomic mass is 15.2. The summed E-state index contributed by atoms with van der Waals surface area (Å²) in [5.74, 6) is 0. The van der Waals surface area contributed by atoms with Crippen LogP contribution in [0.4, 0.5) is 0 Å². The highest BCUT2D eigenvalue weighted by Gasteiger charge is 2.17. The van der Waals surface area contributed by atoms with E-state index >= 15 is 0 Å². The maximum atomic E-state index is 3.39. The molecular formula is C9H20N2. The van der Waals surface area contributed by atoms with Crippen molar-refractivity contribution in [3.05, 3.63) is 0 Å². The predicted octanol–water partition coefficient (Wildman–Crippen LogP) is 1.08. The Morgan fingerprint density at radius 1 is 1.18 bits per heavy atom. The molecule has 1 heterocycles. The summed E-state index contributed by atoms with van der Waals surface area (Å²) >= 11 is 0. The number of hydrogen-bond donors (Lipinski definition) is 1. The SMILES string of the molecule is CCN(CC)C1CCNCC1. The Morgan fingerprint density at radius 3 is 2.18 bits per heavy atom. The number of piperidine rings is 1. The lowest BCUT2D eigenvalue weighted by molar-refractivity contribution is 0.178. The Morgan fingerprint density at radius 2 is 1.73 bits per heavy atom. The zero-order chi connectivity index (χ0) is 8.10. The first-order valence-corrected chi connectivity index (χ1v) is 4.83. The van der Waals surface area contributed by atoms with Crippen molar-refractivity contribution in [1.82, 2.24) is 10.2 Å². The minimum Gasteiger partial charge on any atom is -0.317 e. The van der Waals surface area contributed by atoms with Crippen LogP contribution in [0.3, 0.4) is 0 Å². The van der Waals surface area contributed by atoms with Gasteiger partial charge in [0.25, 0.3) is 0 Å². The van der Waals surface area contributed by atoms with Crippen LogP contribution in [0.1, 0.15) is 26.7 Å². The first-order valence-electron chi connectivity index (χ1n) is 4.83. The van der Waals surface area contributed by atoms with Crippen LogP contribution in [0.15, 0.2) is 0 Å². The molecule has 1 fully saturated rings. The second-order valence-electron chi connectivity index (χ2n) is 3.20. The summed E-state index contributed by atoms with van der Waals surface area (Å²) in [5.41, 5.74) is 0. The van der Waals surface area contributed by atoms with Gasteiger partial charge in [-0.1, -0.05) is 13.8 Å². The molecule has 11 heavy (non-hydrogen) atoms. The normalized spacial score (nSPS) is 21.0. The van der Waals surface area contributed by atoms with E-state index in [-0.39, 0.29) is 0 Å². The first-order chi connectivity index (χ1) is 5.38. The predicted molar refractivity (Wildman–Crippen MR) is 48.8 cm³/mol. The van der Waals surface area contributed by atoms with Crippen molar-refractivity contribution >= 4 is 0 Å². The summed E-state index contributed by atoms with van der Waals surface area (Å²) in [5, 5.41) is 3.39. The van der Waals surface area contributed by atoms with Crippen molar-refractivity contribution in [1.29, 1.82) is 0 Å². The molecule has 0 bridgehead atoms. The minimum absolute atomic E-state index is 0.853. The molecule has 1 aliphatic heterocycles. The molecule has 1 rings (SSSR count). The molecule has 0 saturated carbocycles. The zero-order valence-corrected chi connectivity index (χ0v) is 7.77. The van der Waals surface area contributed by atoms with Crippen molar-refractivity contribution in [3.63, 3.8) is 0 Å². The topological polar surface area (TPSA) is 15.3 Å². The van der Waals surface area contributed by atoms with Gasteiger partial charge in [-0.25, -0.2) is 0 Å². The average molecular weight is 156 g/mol. The molecule has 2 nitrogen and oxygen atoms in total. The van der Waals surface area contributed by atoms with Gasteiger partial charge in [-0.05, 0) is 39.0 Å². The van der Waals surface area contributed by atoms with E-state index in [1.807, 2.05) is 0 Å². The Balaban J connectivity index is 2.30. The molecule has 0 aromatic heterocycles. The quantitative estimate of drug-likeness (QED) is 0.658. The minimum atomic E-state index is 0.853. The molecule has 0 aromatic carbocycles. The Kier molecular flexibility index (Phi) is 3.87. The van der Waals surface area contributed by atoms with E-state index in [2.05, 4.69) is 24.1 Å². The molecule has 1 N–H and O–H groups in total. The molecular weight excluding hydrogens is 136 g/mol. The van der Waals surface area contributed by atoms with E-state index in [9.17, 15) is 0 Å². The third kappa shape index (κ3) is 2.46. The lowest BCUT2D eigenvalue weighted by Gasteiger charge is -2.32. The van der Waals surface area contributed by atoms with E-state index in [0.717, 1.165) is 6.04 Å². The smallest absolute Gasteiger partial charge is 0.0119 e. The van der Waals surface area contributed by atoms with Crippen molar-refractivity contribution in [2.45, 2.75) is 32.7 Å². The molecule has 1 saturated heterocycles. The summed E-state index contributed by atoms with van der Waals surface area (Å²) in [7, 11) is 0. The molecule has 0 amide bonds. The lowest BCUT2D eigenvalue weighted by Crippen LogP contribution is -2.42. The van der Waals surface area contributed by atoms with Crippen LogP contribution in [-0.4, -0.2) is 37.1 Å². The molecule has 2 heteroatoms. The van der Waals surface area contributed by atoms with E-state index in [1.54, 1.807) is 0 Å². The van der Waals surface area contributed by atoms with Crippen molar-refractivity contribution < 1.29 is 0 Å². The van der Waals surface area contributed by atoms with E-state index in [0.29, 0.717) is 0 Å². The van der Waals surface area contributed by atoms with Gasteiger partial charge in [0.15, 0.2) is 0 Å². The molecule has 1 aliphatic rings. The molecule has 0 atom stereocenters. The Labute approximate surface area is 70.0 Å². The largest absolute Gasteiger partial charge is 0.317 e. The van der Waals surface area contributed by atoms with E-state index in [4.69, 9.17) is 0 Å². The number of nitrogens with zero attached hydrogens (tertiary/aromatic N) is 1. The number of rotatable bonds is 3. The van der Waals surface area contributed by atoms with Gasteiger partial charge in [-0.2, -0.15) is 0 Å². The monoisotopic (exact) mass is 156 g/mol. The third-order valence-corrected chi connectivity index (χ3v) is 2.64. The summed E-state index contributed by atoms with van der Waals surface area (Å²) in [6.07, 6.45) is 2.67. The number of nitrogens with one attached hydrogen (secondary N) is 1. The molecule has 66 valence electrons. The maximum Gasteiger partial charge on any atom is 0.0119 e. The molecule has 0 aliphatic carbocycles. The van der Waals surface area contributed by atoms with Crippen LogP contribution in [-0.2, 0) is 0 Å². The Bertz CT molecular complexity index is 93.7. The first kappa shape index (κ1) is 9.01.